The van der Waals surface area contributed by atoms with E-state index in [0.29, 0.717) is 28.8 Å². The Morgan fingerprint density at radius 3 is 1.96 bits per heavy atom. The average Bonchev–Trinajstić information content (AvgIpc) is 2.46. The largest absolute Gasteiger partial charge is 0.393 e. The summed E-state index contributed by atoms with van der Waals surface area (Å²) >= 11 is 0. The number of carbonyl (C=O) groups excluding carboxylic acids is 1. The second kappa shape index (κ2) is 7.97. The Bertz CT molecular complexity index is 421. The van der Waals surface area contributed by atoms with Crippen LogP contribution in [0, 0.1) is 5.92 Å². The van der Waals surface area contributed by atoms with Gasteiger partial charge in [-0.1, -0.05) is 55.4 Å². The molecule has 3 nitrogen and oxygen atoms in total. The second-order valence-corrected chi connectivity index (χ2v) is 14.1. The third-order valence-corrected chi connectivity index (χ3v) is 13.2. The number of hydrogen-bond donors (Lipinski definition) is 2. The van der Waals surface area contributed by atoms with Crippen LogP contribution in [0.1, 0.15) is 68.2 Å². The molecule has 0 bridgehead atoms. The summed E-state index contributed by atoms with van der Waals surface area (Å²) in [7, 11) is -1.90. The molecule has 0 spiro atoms. The van der Waals surface area contributed by atoms with Gasteiger partial charge in [-0.2, -0.15) is 0 Å². The van der Waals surface area contributed by atoms with Crippen LogP contribution in [0.2, 0.25) is 16.6 Å². The molecule has 1 heterocycles. The summed E-state index contributed by atoms with van der Waals surface area (Å²) in [5.41, 5.74) is 1.61. The summed E-state index contributed by atoms with van der Waals surface area (Å²) in [4.78, 5) is 13.0. The summed E-state index contributed by atoms with van der Waals surface area (Å²) in [6, 6.07) is 0.0550. The van der Waals surface area contributed by atoms with Gasteiger partial charge in [-0.15, -0.1) is 0 Å². The first kappa shape index (κ1) is 20.4. The number of rotatable bonds is 7. The van der Waals surface area contributed by atoms with Gasteiger partial charge < -0.3 is 10.4 Å². The molecule has 0 aromatic rings. The van der Waals surface area contributed by atoms with E-state index in [2.05, 4.69) is 46.9 Å². The van der Waals surface area contributed by atoms with Crippen molar-refractivity contribution in [2.75, 3.05) is 0 Å². The number of Topliss-reactive ketones (excluding diaryl/α,β-unsaturated/α-hetero) is 1. The summed E-state index contributed by atoms with van der Waals surface area (Å²) in [5, 5.41) is 14.7. The first-order valence-electron chi connectivity index (χ1n) is 9.28. The van der Waals surface area contributed by atoms with Crippen LogP contribution in [0.5, 0.6) is 0 Å². The lowest BCUT2D eigenvalue weighted by molar-refractivity contribution is -0.116. The van der Waals surface area contributed by atoms with Crippen molar-refractivity contribution >= 4 is 13.9 Å². The smallest absolute Gasteiger partial charge is 0.158 e. The van der Waals surface area contributed by atoms with E-state index in [1.54, 1.807) is 0 Å². The minimum Gasteiger partial charge on any atom is -0.393 e. The third kappa shape index (κ3) is 3.74. The fraction of sp³-hybridized carbons (Fsp3) is 0.842. The van der Waals surface area contributed by atoms with E-state index in [0.717, 1.165) is 11.6 Å². The Kier molecular flexibility index (Phi) is 7.08. The summed E-state index contributed by atoms with van der Waals surface area (Å²) in [6.45, 7) is 17.8. The number of allylic oxidation sites excluding steroid dienone is 1. The predicted molar refractivity (Wildman–Crippen MR) is 101 cm³/mol. The van der Waals surface area contributed by atoms with Crippen molar-refractivity contribution in [2.45, 2.75) is 97.0 Å². The Labute approximate surface area is 143 Å². The third-order valence-electron chi connectivity index (χ3n) is 6.14. The van der Waals surface area contributed by atoms with E-state index >= 15 is 0 Å². The van der Waals surface area contributed by atoms with E-state index in [4.69, 9.17) is 0 Å². The zero-order valence-electron chi connectivity index (χ0n) is 16.3. The quantitative estimate of drug-likeness (QED) is 0.675. The normalized spacial score (nSPS) is 22.3. The molecule has 1 aliphatic heterocycles. The Morgan fingerprint density at radius 1 is 1.13 bits per heavy atom. The molecule has 0 saturated heterocycles. The van der Waals surface area contributed by atoms with Crippen molar-refractivity contribution < 1.29 is 9.90 Å². The molecule has 0 amide bonds. The lowest BCUT2D eigenvalue weighted by Crippen LogP contribution is -2.53. The molecule has 4 heteroatoms. The SMILES string of the molecule is CC[C@@H](O)[C@@H](C)[C@@H]1CC(=O)C([Si](C(C)C)(C(C)C)C(C)C)=CN1. The maximum Gasteiger partial charge on any atom is 0.158 e. The van der Waals surface area contributed by atoms with Crippen LogP contribution >= 0.6 is 0 Å². The molecule has 1 aliphatic rings. The molecule has 0 fully saturated rings. The highest BCUT2D eigenvalue weighted by Crippen LogP contribution is 2.47. The van der Waals surface area contributed by atoms with Gasteiger partial charge in [0.15, 0.2) is 5.78 Å². The van der Waals surface area contributed by atoms with E-state index in [1.165, 1.54) is 0 Å². The summed E-state index contributed by atoms with van der Waals surface area (Å²) < 4.78 is 0. The van der Waals surface area contributed by atoms with Gasteiger partial charge >= 0.3 is 0 Å². The zero-order valence-corrected chi connectivity index (χ0v) is 17.3. The maximum absolute atomic E-state index is 13.0. The number of ketones is 1. The molecule has 2 N–H and O–H groups in total. The summed E-state index contributed by atoms with van der Waals surface area (Å²) in [6.07, 6.45) is 2.93. The van der Waals surface area contributed by atoms with E-state index in [-0.39, 0.29) is 18.1 Å². The van der Waals surface area contributed by atoms with Gasteiger partial charge in [-0.25, -0.2) is 0 Å². The number of aliphatic hydroxyl groups is 1. The number of nitrogens with one attached hydrogen (secondary N) is 1. The molecule has 0 aromatic heterocycles. The average molecular weight is 340 g/mol. The molecule has 23 heavy (non-hydrogen) atoms. The molecule has 134 valence electrons. The van der Waals surface area contributed by atoms with E-state index < -0.39 is 8.07 Å². The Hall–Kier alpha value is -0.613. The minimum atomic E-state index is -1.90. The fourth-order valence-electron chi connectivity index (χ4n) is 4.92. The highest BCUT2D eigenvalue weighted by molar-refractivity contribution is 6.93. The van der Waals surface area contributed by atoms with Crippen molar-refractivity contribution in [3.05, 3.63) is 11.4 Å². The molecular formula is C19H37NO2Si. The van der Waals surface area contributed by atoms with E-state index in [9.17, 15) is 9.90 Å². The van der Waals surface area contributed by atoms with Gasteiger partial charge in [0.2, 0.25) is 0 Å². The topological polar surface area (TPSA) is 49.3 Å². The monoisotopic (exact) mass is 339 g/mol. The minimum absolute atomic E-state index is 0.0550. The van der Waals surface area contributed by atoms with Gasteiger partial charge in [0, 0.05) is 18.4 Å². The number of carbonyl (C=O) groups is 1. The standard InChI is InChI=1S/C19H37NO2Si/c1-9-17(21)15(8)16-10-18(22)19(11-20-16)23(12(2)3,13(4)5)14(6)7/h11-17,20-21H,9-10H2,1-8H3/t15-,16-,17+/m0/s1. The van der Waals surface area contributed by atoms with Crippen molar-refractivity contribution in [3.8, 4) is 0 Å². The first-order chi connectivity index (χ1) is 10.6. The van der Waals surface area contributed by atoms with Gasteiger partial charge in [0.05, 0.1) is 6.10 Å². The van der Waals surface area contributed by atoms with Crippen molar-refractivity contribution in [3.63, 3.8) is 0 Å². The van der Waals surface area contributed by atoms with Crippen LogP contribution in [-0.2, 0) is 4.79 Å². The van der Waals surface area contributed by atoms with Crippen molar-refractivity contribution in [1.29, 1.82) is 0 Å². The molecule has 0 aromatic carbocycles. The molecule has 0 radical (unpaired) electrons. The van der Waals surface area contributed by atoms with Gasteiger partial charge in [0.25, 0.3) is 0 Å². The molecule has 1 rings (SSSR count). The Morgan fingerprint density at radius 2 is 1.61 bits per heavy atom. The maximum atomic E-state index is 13.0. The van der Waals surface area contributed by atoms with Crippen molar-refractivity contribution in [1.82, 2.24) is 5.32 Å². The van der Waals surface area contributed by atoms with Crippen LogP contribution in [0.15, 0.2) is 11.4 Å². The lowest BCUT2D eigenvalue weighted by Gasteiger charge is -2.46. The number of hydrogen-bond acceptors (Lipinski definition) is 3. The second-order valence-electron chi connectivity index (χ2n) is 8.19. The van der Waals surface area contributed by atoms with Gasteiger partial charge in [-0.3, -0.25) is 4.79 Å². The number of aliphatic hydroxyl groups excluding tert-OH is 1. The van der Waals surface area contributed by atoms with Crippen LogP contribution in [-0.4, -0.2) is 31.1 Å². The van der Waals surface area contributed by atoms with Crippen LogP contribution in [0.25, 0.3) is 0 Å². The van der Waals surface area contributed by atoms with Crippen molar-refractivity contribution in [2.24, 2.45) is 5.92 Å². The molecule has 3 atom stereocenters. The molecule has 0 unspecified atom stereocenters. The van der Waals surface area contributed by atoms with Gasteiger partial charge in [0.1, 0.15) is 8.07 Å². The fourth-order valence-corrected chi connectivity index (χ4v) is 11.7. The lowest BCUT2D eigenvalue weighted by atomic mass is 9.89. The van der Waals surface area contributed by atoms with Gasteiger partial charge in [-0.05, 0) is 34.4 Å². The van der Waals surface area contributed by atoms with E-state index in [1.807, 2.05) is 20.0 Å². The first-order valence-corrected chi connectivity index (χ1v) is 11.5. The van der Waals surface area contributed by atoms with Crippen LogP contribution in [0.3, 0.4) is 0 Å². The highest BCUT2D eigenvalue weighted by atomic mass is 28.3. The molecule has 0 aliphatic carbocycles. The molecular weight excluding hydrogens is 302 g/mol. The van der Waals surface area contributed by atoms with Crippen LogP contribution < -0.4 is 5.32 Å². The summed E-state index contributed by atoms with van der Waals surface area (Å²) in [5.74, 6) is 0.404. The predicted octanol–water partition coefficient (Wildman–Crippen LogP) is 4.43. The highest BCUT2D eigenvalue weighted by Gasteiger charge is 2.49. The molecule has 0 saturated carbocycles. The zero-order chi connectivity index (χ0) is 17.9. The Balaban J connectivity index is 3.18. The van der Waals surface area contributed by atoms with Crippen LogP contribution in [0.4, 0.5) is 0 Å².